The molecule has 2 aromatic carbocycles. The molecule has 0 spiro atoms. The number of rotatable bonds is 7. The maximum Gasteiger partial charge on any atom is 0.243 e. The van der Waals surface area contributed by atoms with Crippen LogP contribution in [-0.2, 0) is 9.53 Å². The summed E-state index contributed by atoms with van der Waals surface area (Å²) in [7, 11) is 1.55. The van der Waals surface area contributed by atoms with Gasteiger partial charge < -0.3 is 19.9 Å². The first-order valence-electron chi connectivity index (χ1n) is 10.8. The third kappa shape index (κ3) is 5.02. The normalized spacial score (nSPS) is 14.7. The molecule has 1 atom stereocenters. The summed E-state index contributed by atoms with van der Waals surface area (Å²) in [5.74, 6) is -1.24. The van der Waals surface area contributed by atoms with Crippen molar-refractivity contribution in [3.8, 4) is 6.07 Å². The van der Waals surface area contributed by atoms with Gasteiger partial charge in [0.1, 0.15) is 11.5 Å². The van der Waals surface area contributed by atoms with Crippen molar-refractivity contribution in [1.82, 2.24) is 15.3 Å². The Morgan fingerprint density at radius 2 is 1.73 bits per heavy atom. The summed E-state index contributed by atoms with van der Waals surface area (Å²) in [5.41, 5.74) is 2.63. The van der Waals surface area contributed by atoms with Crippen LogP contribution in [0.25, 0.3) is 11.0 Å². The molecule has 1 aliphatic heterocycles. The van der Waals surface area contributed by atoms with Gasteiger partial charge in [0, 0.05) is 45.5 Å². The van der Waals surface area contributed by atoms with Gasteiger partial charge in [-0.3, -0.25) is 4.79 Å². The van der Waals surface area contributed by atoms with E-state index >= 15 is 0 Å². The summed E-state index contributed by atoms with van der Waals surface area (Å²) in [6.07, 6.45) is 0. The fourth-order valence-corrected chi connectivity index (χ4v) is 3.88. The van der Waals surface area contributed by atoms with Crippen LogP contribution in [0.4, 0.5) is 15.9 Å². The van der Waals surface area contributed by atoms with E-state index in [0.29, 0.717) is 61.9 Å². The van der Waals surface area contributed by atoms with Crippen molar-refractivity contribution < 1.29 is 13.9 Å². The highest BCUT2D eigenvalue weighted by atomic mass is 19.1. The maximum absolute atomic E-state index is 13.3. The highest BCUT2D eigenvalue weighted by Gasteiger charge is 2.30. The third-order valence-corrected chi connectivity index (χ3v) is 5.62. The highest BCUT2D eigenvalue weighted by molar-refractivity contribution is 5.88. The largest absolute Gasteiger partial charge is 0.383 e. The van der Waals surface area contributed by atoms with Gasteiger partial charge in [0.05, 0.1) is 23.7 Å². The minimum atomic E-state index is -1.09. The van der Waals surface area contributed by atoms with Crippen molar-refractivity contribution >= 4 is 28.4 Å². The lowest BCUT2D eigenvalue weighted by Gasteiger charge is -2.37. The molecule has 1 saturated heterocycles. The highest BCUT2D eigenvalue weighted by Crippen LogP contribution is 2.29. The molecule has 170 valence electrons. The number of piperazine rings is 1. The van der Waals surface area contributed by atoms with Crippen molar-refractivity contribution in [3.05, 3.63) is 60.0 Å². The molecule has 1 aromatic heterocycles. The number of nitrogens with zero attached hydrogens (tertiary/aromatic N) is 5. The zero-order valence-electron chi connectivity index (χ0n) is 18.4. The molecule has 3 aromatic rings. The number of benzene rings is 2. The second-order valence-electron chi connectivity index (χ2n) is 7.72. The number of amides is 1. The molecule has 0 radical (unpaired) electrons. The van der Waals surface area contributed by atoms with Gasteiger partial charge in [-0.05, 0) is 36.4 Å². The molecule has 4 rings (SSSR count). The van der Waals surface area contributed by atoms with E-state index in [2.05, 4.69) is 26.2 Å². The Morgan fingerprint density at radius 1 is 1.09 bits per heavy atom. The van der Waals surface area contributed by atoms with E-state index in [1.165, 1.54) is 12.1 Å². The molecule has 1 aliphatic rings. The van der Waals surface area contributed by atoms with Crippen molar-refractivity contribution in [2.45, 2.75) is 5.92 Å². The van der Waals surface area contributed by atoms with Crippen LogP contribution in [0, 0.1) is 17.1 Å². The molecule has 1 N–H and O–H groups in total. The second kappa shape index (κ2) is 10.2. The number of carbonyl (C=O) groups is 1. The van der Waals surface area contributed by atoms with Gasteiger partial charge in [-0.1, -0.05) is 12.1 Å². The fraction of sp³-hybridized carbons (Fsp3) is 0.333. The zero-order valence-corrected chi connectivity index (χ0v) is 18.4. The van der Waals surface area contributed by atoms with Crippen LogP contribution in [0.15, 0.2) is 48.5 Å². The summed E-state index contributed by atoms with van der Waals surface area (Å²) in [6.45, 7) is 3.29. The lowest BCUT2D eigenvalue weighted by molar-refractivity contribution is -0.121. The summed E-state index contributed by atoms with van der Waals surface area (Å²) < 4.78 is 18.3. The molecule has 0 bridgehead atoms. The smallest absolute Gasteiger partial charge is 0.243 e. The number of anilines is 2. The quantitative estimate of drug-likeness (QED) is 0.555. The molecule has 1 fully saturated rings. The van der Waals surface area contributed by atoms with E-state index in [4.69, 9.17) is 9.72 Å². The maximum atomic E-state index is 13.3. The van der Waals surface area contributed by atoms with Gasteiger partial charge in [-0.15, -0.1) is 0 Å². The minimum Gasteiger partial charge on any atom is -0.383 e. The van der Waals surface area contributed by atoms with Crippen LogP contribution < -0.4 is 15.1 Å². The predicted octanol–water partition coefficient (Wildman–Crippen LogP) is 2.47. The number of ether oxygens (including phenoxy) is 1. The molecule has 8 nitrogen and oxygen atoms in total. The molecular weight excluding hydrogens is 423 g/mol. The van der Waals surface area contributed by atoms with Gasteiger partial charge in [0.15, 0.2) is 11.7 Å². The van der Waals surface area contributed by atoms with Gasteiger partial charge in [0.2, 0.25) is 5.91 Å². The average molecular weight is 449 g/mol. The van der Waals surface area contributed by atoms with Gasteiger partial charge in [-0.2, -0.15) is 5.26 Å². The number of hydrogen-bond acceptors (Lipinski definition) is 7. The molecule has 9 heteroatoms. The predicted molar refractivity (Wildman–Crippen MR) is 124 cm³/mol. The number of nitriles is 1. The van der Waals surface area contributed by atoms with Crippen molar-refractivity contribution in [1.29, 1.82) is 5.26 Å². The Bertz CT molecular complexity index is 1160. The van der Waals surface area contributed by atoms with E-state index in [1.807, 2.05) is 24.3 Å². The number of hydrogen-bond donors (Lipinski definition) is 1. The average Bonchev–Trinajstić information content (AvgIpc) is 2.85. The van der Waals surface area contributed by atoms with Crippen molar-refractivity contribution in [2.24, 2.45) is 0 Å². The summed E-state index contributed by atoms with van der Waals surface area (Å²) in [6, 6.07) is 16.0. The Hall–Kier alpha value is -3.77. The van der Waals surface area contributed by atoms with Gasteiger partial charge in [0.25, 0.3) is 0 Å². The van der Waals surface area contributed by atoms with Crippen LogP contribution in [0.2, 0.25) is 0 Å². The molecular formula is C24H25FN6O2. The van der Waals surface area contributed by atoms with E-state index in [0.717, 1.165) is 5.69 Å². The Morgan fingerprint density at radius 3 is 2.36 bits per heavy atom. The molecule has 0 aliphatic carbocycles. The van der Waals surface area contributed by atoms with E-state index in [-0.39, 0.29) is 5.82 Å². The number of nitrogens with one attached hydrogen (secondary N) is 1. The summed E-state index contributed by atoms with van der Waals surface area (Å²) in [4.78, 5) is 26.5. The van der Waals surface area contributed by atoms with Crippen LogP contribution in [-0.4, -0.2) is 62.3 Å². The first kappa shape index (κ1) is 22.4. The minimum absolute atomic E-state index is 0.264. The number of aromatic nitrogens is 2. The van der Waals surface area contributed by atoms with E-state index < -0.39 is 11.8 Å². The lowest BCUT2D eigenvalue weighted by atomic mass is 10.0. The number of para-hydroxylation sites is 2. The first-order chi connectivity index (χ1) is 16.1. The van der Waals surface area contributed by atoms with Gasteiger partial charge >= 0.3 is 0 Å². The topological polar surface area (TPSA) is 94.4 Å². The molecule has 1 amide bonds. The SMILES string of the molecule is COCCNC(=O)C(C#N)c1nc2ccccc2nc1N1CCN(c2ccc(F)cc2)CC1. The molecule has 1 unspecified atom stereocenters. The number of halogens is 1. The number of methoxy groups -OCH3 is 1. The lowest BCUT2D eigenvalue weighted by Crippen LogP contribution is -2.47. The number of carbonyl (C=O) groups excluding carboxylic acids is 1. The van der Waals surface area contributed by atoms with E-state index in [1.54, 1.807) is 19.2 Å². The van der Waals surface area contributed by atoms with Crippen LogP contribution in [0.5, 0.6) is 0 Å². The standard InChI is InChI=1S/C24H25FN6O2/c1-33-15-10-27-24(32)19(16-26)22-23(29-21-5-3-2-4-20(21)28-22)31-13-11-30(12-14-31)18-8-6-17(25)7-9-18/h2-9,19H,10-15H2,1H3,(H,27,32). The molecule has 33 heavy (non-hydrogen) atoms. The fourth-order valence-electron chi connectivity index (χ4n) is 3.88. The van der Waals surface area contributed by atoms with Crippen molar-refractivity contribution in [3.63, 3.8) is 0 Å². The Kier molecular flexibility index (Phi) is 6.95. The summed E-state index contributed by atoms with van der Waals surface area (Å²) >= 11 is 0. The Balaban J connectivity index is 1.61. The van der Waals surface area contributed by atoms with Crippen LogP contribution >= 0.6 is 0 Å². The monoisotopic (exact) mass is 448 g/mol. The van der Waals surface area contributed by atoms with Gasteiger partial charge in [-0.25, -0.2) is 14.4 Å². The third-order valence-electron chi connectivity index (χ3n) is 5.62. The molecule has 0 saturated carbocycles. The van der Waals surface area contributed by atoms with Crippen LogP contribution in [0.1, 0.15) is 11.6 Å². The molecule has 2 heterocycles. The number of fused-ring (bicyclic) bond motifs is 1. The van der Waals surface area contributed by atoms with Crippen molar-refractivity contribution in [2.75, 3.05) is 56.2 Å². The van der Waals surface area contributed by atoms with Crippen LogP contribution in [0.3, 0.4) is 0 Å². The van der Waals surface area contributed by atoms with E-state index in [9.17, 15) is 14.4 Å². The zero-order chi connectivity index (χ0) is 23.2. The first-order valence-corrected chi connectivity index (χ1v) is 10.8. The Labute approximate surface area is 191 Å². The second-order valence-corrected chi connectivity index (χ2v) is 7.72. The summed E-state index contributed by atoms with van der Waals surface area (Å²) in [5, 5.41) is 12.6.